The van der Waals surface area contributed by atoms with E-state index in [1.54, 1.807) is 17.3 Å². The maximum Gasteiger partial charge on any atom is 0.234 e. The van der Waals surface area contributed by atoms with Crippen LogP contribution in [0.15, 0.2) is 48.8 Å². The average Bonchev–Trinajstić information content (AvgIpc) is 2.96. The summed E-state index contributed by atoms with van der Waals surface area (Å²) in [7, 11) is 1.89. The number of carbonyl (C=O) groups is 2. The first-order chi connectivity index (χ1) is 12.5. The van der Waals surface area contributed by atoms with Crippen molar-refractivity contribution in [2.75, 3.05) is 25.0 Å². The Hall–Kier alpha value is -2.73. The van der Waals surface area contributed by atoms with Gasteiger partial charge in [-0.2, -0.15) is 0 Å². The first kappa shape index (κ1) is 18.1. The number of aryl methyl sites for hydroxylation is 1. The van der Waals surface area contributed by atoms with Gasteiger partial charge in [-0.25, -0.2) is 0 Å². The summed E-state index contributed by atoms with van der Waals surface area (Å²) in [6.45, 7) is 3.46. The van der Waals surface area contributed by atoms with Gasteiger partial charge in [-0.05, 0) is 37.7 Å². The lowest BCUT2D eigenvalue weighted by Gasteiger charge is -2.19. The number of rotatable bonds is 6. The zero-order valence-corrected chi connectivity index (χ0v) is 15.2. The minimum atomic E-state index is -0.150. The fraction of sp³-hybridized carbons (Fsp3) is 0.350. The number of nitrogens with zero attached hydrogens (tertiary/aromatic N) is 3. The smallest absolute Gasteiger partial charge is 0.234 e. The third-order valence-electron chi connectivity index (χ3n) is 4.42. The second-order valence-corrected chi connectivity index (χ2v) is 6.84. The molecule has 0 bridgehead atoms. The molecular formula is C20H24N4O2. The maximum absolute atomic E-state index is 12.3. The zero-order chi connectivity index (χ0) is 18.5. The van der Waals surface area contributed by atoms with Crippen molar-refractivity contribution in [2.24, 2.45) is 0 Å². The van der Waals surface area contributed by atoms with Gasteiger partial charge in [0, 0.05) is 37.6 Å². The van der Waals surface area contributed by atoms with Crippen molar-refractivity contribution in [3.8, 4) is 0 Å². The van der Waals surface area contributed by atoms with Gasteiger partial charge in [-0.3, -0.25) is 19.5 Å². The van der Waals surface area contributed by atoms with Crippen LogP contribution in [0.2, 0.25) is 0 Å². The predicted molar refractivity (Wildman–Crippen MR) is 101 cm³/mol. The van der Waals surface area contributed by atoms with E-state index in [4.69, 9.17) is 0 Å². The van der Waals surface area contributed by atoms with E-state index in [0.717, 1.165) is 16.8 Å². The lowest BCUT2D eigenvalue weighted by atomic mass is 10.2. The van der Waals surface area contributed by atoms with E-state index in [1.165, 1.54) is 0 Å². The molecule has 1 aliphatic rings. The van der Waals surface area contributed by atoms with Gasteiger partial charge in [0.2, 0.25) is 11.8 Å². The first-order valence-electron chi connectivity index (χ1n) is 8.75. The van der Waals surface area contributed by atoms with Crippen molar-refractivity contribution in [2.45, 2.75) is 25.9 Å². The second-order valence-electron chi connectivity index (χ2n) is 6.84. The minimum absolute atomic E-state index is 0.0443. The molecule has 1 aliphatic heterocycles. The Morgan fingerprint density at radius 1 is 1.31 bits per heavy atom. The molecule has 1 aromatic carbocycles. The van der Waals surface area contributed by atoms with Gasteiger partial charge in [0.25, 0.3) is 0 Å². The van der Waals surface area contributed by atoms with E-state index in [9.17, 15) is 9.59 Å². The molecule has 1 fully saturated rings. The zero-order valence-electron chi connectivity index (χ0n) is 15.2. The fourth-order valence-electron chi connectivity index (χ4n) is 3.16. The number of carbonyl (C=O) groups excluding carboxylic acids is 2. The number of benzene rings is 1. The number of nitrogens with one attached hydrogen (secondary N) is 1. The molecule has 1 atom stereocenters. The van der Waals surface area contributed by atoms with Gasteiger partial charge >= 0.3 is 0 Å². The highest BCUT2D eigenvalue weighted by molar-refractivity contribution is 5.96. The summed E-state index contributed by atoms with van der Waals surface area (Å²) >= 11 is 0. The van der Waals surface area contributed by atoms with Crippen LogP contribution in [-0.2, 0) is 16.1 Å². The Labute approximate surface area is 153 Å². The van der Waals surface area contributed by atoms with Crippen LogP contribution in [0.3, 0.4) is 0 Å². The summed E-state index contributed by atoms with van der Waals surface area (Å²) in [5, 5.41) is 2.98. The minimum Gasteiger partial charge on any atom is -0.350 e. The molecule has 3 rings (SSSR count). The van der Waals surface area contributed by atoms with Crippen molar-refractivity contribution in [1.29, 1.82) is 0 Å². The van der Waals surface area contributed by atoms with Crippen LogP contribution in [-0.4, -0.2) is 47.9 Å². The number of aromatic nitrogens is 1. The number of amides is 2. The summed E-state index contributed by atoms with van der Waals surface area (Å²) < 4.78 is 0. The summed E-state index contributed by atoms with van der Waals surface area (Å²) in [4.78, 5) is 32.3. The lowest BCUT2D eigenvalue weighted by molar-refractivity contribution is -0.122. The number of hydrogen-bond acceptors (Lipinski definition) is 4. The molecule has 26 heavy (non-hydrogen) atoms. The Bertz CT molecular complexity index is 761. The Morgan fingerprint density at radius 2 is 2.08 bits per heavy atom. The van der Waals surface area contributed by atoms with Gasteiger partial charge in [0.1, 0.15) is 0 Å². The Balaban J connectivity index is 1.50. The van der Waals surface area contributed by atoms with Crippen LogP contribution in [0.4, 0.5) is 5.69 Å². The summed E-state index contributed by atoms with van der Waals surface area (Å²) in [5.74, 6) is -0.0252. The van der Waals surface area contributed by atoms with Crippen LogP contribution < -0.4 is 10.2 Å². The lowest BCUT2D eigenvalue weighted by Crippen LogP contribution is -2.42. The third kappa shape index (κ3) is 4.67. The van der Waals surface area contributed by atoms with E-state index in [2.05, 4.69) is 10.3 Å². The van der Waals surface area contributed by atoms with Crippen molar-refractivity contribution in [3.05, 3.63) is 59.9 Å². The van der Waals surface area contributed by atoms with E-state index in [1.807, 2.05) is 55.3 Å². The fourth-order valence-corrected chi connectivity index (χ4v) is 3.16. The molecule has 1 aromatic heterocycles. The normalized spacial score (nSPS) is 17.0. The summed E-state index contributed by atoms with van der Waals surface area (Å²) in [6.07, 6.45) is 3.86. The van der Waals surface area contributed by atoms with Crippen LogP contribution >= 0.6 is 0 Å². The number of likely N-dealkylation sites (N-methyl/N-ethyl adjacent to an activating group) is 1. The molecule has 2 aromatic rings. The first-order valence-corrected chi connectivity index (χ1v) is 8.75. The number of pyridine rings is 1. The molecule has 2 heterocycles. The van der Waals surface area contributed by atoms with Crippen LogP contribution in [0.5, 0.6) is 0 Å². The van der Waals surface area contributed by atoms with Crippen molar-refractivity contribution < 1.29 is 9.59 Å². The Kier molecular flexibility index (Phi) is 5.63. The number of anilines is 1. The topological polar surface area (TPSA) is 65.5 Å². The molecule has 0 radical (unpaired) electrons. The van der Waals surface area contributed by atoms with Crippen molar-refractivity contribution in [1.82, 2.24) is 15.2 Å². The van der Waals surface area contributed by atoms with E-state index >= 15 is 0 Å². The quantitative estimate of drug-likeness (QED) is 0.860. The van der Waals surface area contributed by atoms with Crippen LogP contribution in [0.25, 0.3) is 0 Å². The molecule has 0 spiro atoms. The summed E-state index contributed by atoms with van der Waals surface area (Å²) in [6, 6.07) is 11.6. The van der Waals surface area contributed by atoms with Gasteiger partial charge in [0.15, 0.2) is 0 Å². The molecule has 1 saturated heterocycles. The Morgan fingerprint density at radius 3 is 2.77 bits per heavy atom. The van der Waals surface area contributed by atoms with Crippen LogP contribution in [0, 0.1) is 6.92 Å². The molecular weight excluding hydrogens is 328 g/mol. The standard InChI is InChI=1S/C20H24N4O2/c1-15-5-7-18(8-6-15)24-13-17(10-20(24)26)22-19(25)14-23(2)12-16-4-3-9-21-11-16/h3-9,11,17H,10,12-14H2,1-2H3,(H,22,25)/t17-/m0/s1. The van der Waals surface area contributed by atoms with E-state index in [0.29, 0.717) is 19.5 Å². The van der Waals surface area contributed by atoms with Crippen molar-refractivity contribution >= 4 is 17.5 Å². The van der Waals surface area contributed by atoms with Gasteiger partial charge in [0.05, 0.1) is 12.6 Å². The number of hydrogen-bond donors (Lipinski definition) is 1. The van der Waals surface area contributed by atoms with Gasteiger partial charge in [-0.1, -0.05) is 23.8 Å². The molecule has 6 heteroatoms. The molecule has 0 unspecified atom stereocenters. The summed E-state index contributed by atoms with van der Waals surface area (Å²) in [5.41, 5.74) is 3.09. The van der Waals surface area contributed by atoms with Gasteiger partial charge in [-0.15, -0.1) is 0 Å². The largest absolute Gasteiger partial charge is 0.350 e. The molecule has 6 nitrogen and oxygen atoms in total. The second kappa shape index (κ2) is 8.10. The molecule has 1 N–H and O–H groups in total. The monoisotopic (exact) mass is 352 g/mol. The van der Waals surface area contributed by atoms with Crippen molar-refractivity contribution in [3.63, 3.8) is 0 Å². The average molecular weight is 352 g/mol. The molecule has 0 aliphatic carbocycles. The van der Waals surface area contributed by atoms with Gasteiger partial charge < -0.3 is 10.2 Å². The third-order valence-corrected chi connectivity index (χ3v) is 4.42. The highest BCUT2D eigenvalue weighted by atomic mass is 16.2. The highest BCUT2D eigenvalue weighted by Gasteiger charge is 2.31. The molecule has 136 valence electrons. The van der Waals surface area contributed by atoms with E-state index < -0.39 is 0 Å². The van der Waals surface area contributed by atoms with Crippen LogP contribution in [0.1, 0.15) is 17.5 Å². The highest BCUT2D eigenvalue weighted by Crippen LogP contribution is 2.21. The molecule has 0 saturated carbocycles. The molecule has 2 amide bonds. The maximum atomic E-state index is 12.3. The van der Waals surface area contributed by atoms with E-state index in [-0.39, 0.29) is 24.4 Å². The predicted octanol–water partition coefficient (Wildman–Crippen LogP) is 1.74. The SMILES string of the molecule is Cc1ccc(N2C[C@@H](NC(=O)CN(C)Cc3cccnc3)CC2=O)cc1.